The summed E-state index contributed by atoms with van der Waals surface area (Å²) in [5.74, 6) is 1.26. The van der Waals surface area contributed by atoms with Gasteiger partial charge in [-0.05, 0) is 65.9 Å². The predicted octanol–water partition coefficient (Wildman–Crippen LogP) is 7.62. The van der Waals surface area contributed by atoms with Gasteiger partial charge in [0.2, 0.25) is 0 Å². The molecule has 0 spiro atoms. The molecule has 2 atom stereocenters. The number of hydrogen-bond donors (Lipinski definition) is 0. The molecule has 0 amide bonds. The van der Waals surface area contributed by atoms with E-state index in [2.05, 4.69) is 90.1 Å². The van der Waals surface area contributed by atoms with E-state index < -0.39 is 0 Å². The number of hydrogen-bond acceptors (Lipinski definition) is 0. The van der Waals surface area contributed by atoms with Gasteiger partial charge in [-0.25, -0.2) is 0 Å². The maximum Gasteiger partial charge on any atom is 0.00694 e. The van der Waals surface area contributed by atoms with E-state index in [0.29, 0.717) is 11.8 Å². The van der Waals surface area contributed by atoms with Crippen molar-refractivity contribution >= 4 is 11.1 Å². The predicted molar refractivity (Wildman–Crippen MR) is 118 cm³/mol. The second-order valence-electron chi connectivity index (χ2n) is 9.63. The zero-order valence-electron chi connectivity index (χ0n) is 17.7. The Labute approximate surface area is 165 Å². The highest BCUT2D eigenvalue weighted by Crippen LogP contribution is 2.59. The van der Waals surface area contributed by atoms with Crippen molar-refractivity contribution in [2.24, 2.45) is 17.3 Å². The smallest absolute Gasteiger partial charge is 0.00694 e. The molecule has 2 aliphatic carbocycles. The second-order valence-corrected chi connectivity index (χ2v) is 9.63. The zero-order chi connectivity index (χ0) is 19.3. The Morgan fingerprint density at radius 1 is 0.741 bits per heavy atom. The number of benzene rings is 2. The average molecular weight is 357 g/mol. The number of fused-ring (bicyclic) bond motifs is 1. The summed E-state index contributed by atoms with van der Waals surface area (Å²) >= 11 is 0. The Morgan fingerprint density at radius 2 is 1.26 bits per heavy atom. The Hall–Kier alpha value is -2.08. The molecule has 0 saturated heterocycles. The monoisotopic (exact) mass is 356 g/mol. The van der Waals surface area contributed by atoms with Crippen molar-refractivity contribution in [3.05, 3.63) is 81.9 Å². The van der Waals surface area contributed by atoms with Gasteiger partial charge in [0.1, 0.15) is 0 Å². The van der Waals surface area contributed by atoms with Crippen LogP contribution in [0, 0.1) is 31.1 Å². The number of allylic oxidation sites excluding steroid dienone is 4. The Bertz CT molecular complexity index is 911. The molecule has 2 aromatic rings. The van der Waals surface area contributed by atoms with E-state index in [-0.39, 0.29) is 5.41 Å². The fraction of sp³-hybridized carbons (Fsp3) is 0.407. The Morgan fingerprint density at radius 3 is 1.78 bits per heavy atom. The van der Waals surface area contributed by atoms with Gasteiger partial charge >= 0.3 is 0 Å². The minimum Gasteiger partial charge on any atom is -0.0587 e. The van der Waals surface area contributed by atoms with Crippen molar-refractivity contribution in [3.63, 3.8) is 0 Å². The summed E-state index contributed by atoms with van der Waals surface area (Å²) in [6.07, 6.45) is 2.59. The zero-order valence-corrected chi connectivity index (χ0v) is 17.7. The van der Waals surface area contributed by atoms with Crippen molar-refractivity contribution in [1.29, 1.82) is 0 Å². The molecular weight excluding hydrogens is 324 g/mol. The summed E-state index contributed by atoms with van der Waals surface area (Å²) in [7, 11) is 0. The Kier molecular flexibility index (Phi) is 4.41. The molecule has 2 unspecified atom stereocenters. The molecule has 0 heterocycles. The molecular formula is C27H32. The van der Waals surface area contributed by atoms with Crippen molar-refractivity contribution < 1.29 is 0 Å². The Balaban J connectivity index is 2.00. The normalized spacial score (nSPS) is 22.6. The lowest BCUT2D eigenvalue weighted by atomic mass is 9.76. The molecule has 0 aliphatic heterocycles. The van der Waals surface area contributed by atoms with E-state index in [9.17, 15) is 0 Å². The van der Waals surface area contributed by atoms with E-state index in [4.69, 9.17) is 0 Å². The third-order valence-corrected chi connectivity index (χ3v) is 6.40. The second kappa shape index (κ2) is 6.51. The van der Waals surface area contributed by atoms with Crippen molar-refractivity contribution in [2.45, 2.75) is 54.4 Å². The van der Waals surface area contributed by atoms with Crippen LogP contribution in [0.4, 0.5) is 0 Å². The molecule has 0 aromatic heterocycles. The maximum atomic E-state index is 2.43. The van der Waals surface area contributed by atoms with Gasteiger partial charge in [-0.15, -0.1) is 0 Å². The van der Waals surface area contributed by atoms with Crippen LogP contribution >= 0.6 is 0 Å². The highest BCUT2D eigenvalue weighted by Gasteiger charge is 2.43. The van der Waals surface area contributed by atoms with Crippen LogP contribution in [0.2, 0.25) is 0 Å². The first kappa shape index (κ1) is 18.3. The summed E-state index contributed by atoms with van der Waals surface area (Å²) in [6, 6.07) is 18.4. The van der Waals surface area contributed by atoms with Gasteiger partial charge in [0, 0.05) is 5.92 Å². The van der Waals surface area contributed by atoms with Crippen molar-refractivity contribution in [3.8, 4) is 0 Å². The molecule has 0 bridgehead atoms. The van der Waals surface area contributed by atoms with Crippen LogP contribution in [0.25, 0.3) is 11.1 Å². The summed E-state index contributed by atoms with van der Waals surface area (Å²) in [5, 5.41) is 0. The first-order chi connectivity index (χ1) is 12.8. The molecule has 4 rings (SSSR count). The molecule has 0 heteroatoms. The quantitative estimate of drug-likeness (QED) is 0.519. The van der Waals surface area contributed by atoms with E-state index in [1.165, 1.54) is 35.1 Å². The molecule has 27 heavy (non-hydrogen) atoms. The largest absolute Gasteiger partial charge is 0.0587 e. The van der Waals surface area contributed by atoms with Gasteiger partial charge < -0.3 is 0 Å². The van der Waals surface area contributed by atoms with Crippen molar-refractivity contribution in [2.75, 3.05) is 0 Å². The van der Waals surface area contributed by atoms with Crippen LogP contribution in [0.3, 0.4) is 0 Å². The van der Waals surface area contributed by atoms with Crippen LogP contribution in [0.15, 0.2) is 59.7 Å². The minimum atomic E-state index is 0.123. The van der Waals surface area contributed by atoms with Crippen LogP contribution in [0.1, 0.15) is 62.8 Å². The first-order valence-corrected chi connectivity index (χ1v) is 10.4. The standard InChI is InChI=1S/C27H32/c1-17-7-12-20(13-8-17)24-22-16-11-19(3)23(22)25(26(24)27(4,5)6)21-14-9-18(2)10-15-21/h7-10,12-15,19,22H,11,16H2,1-6H3. The van der Waals surface area contributed by atoms with Crippen molar-refractivity contribution in [1.82, 2.24) is 0 Å². The highest BCUT2D eigenvalue weighted by atomic mass is 14.5. The first-order valence-electron chi connectivity index (χ1n) is 10.4. The van der Waals surface area contributed by atoms with Crippen LogP contribution < -0.4 is 0 Å². The molecule has 2 aliphatic rings. The van der Waals surface area contributed by atoms with E-state index >= 15 is 0 Å². The van der Waals surface area contributed by atoms with Crippen LogP contribution in [0.5, 0.6) is 0 Å². The molecule has 2 aromatic carbocycles. The third-order valence-electron chi connectivity index (χ3n) is 6.40. The van der Waals surface area contributed by atoms with Gasteiger partial charge in [0.05, 0.1) is 0 Å². The fourth-order valence-electron chi connectivity index (χ4n) is 5.13. The van der Waals surface area contributed by atoms with Gasteiger partial charge in [-0.1, -0.05) is 92.9 Å². The van der Waals surface area contributed by atoms with Crippen LogP contribution in [-0.2, 0) is 0 Å². The third kappa shape index (κ3) is 3.10. The van der Waals surface area contributed by atoms with Crippen LogP contribution in [-0.4, -0.2) is 0 Å². The lowest BCUT2D eigenvalue weighted by Gasteiger charge is -2.28. The van der Waals surface area contributed by atoms with Gasteiger partial charge in [-0.2, -0.15) is 0 Å². The van der Waals surface area contributed by atoms with E-state index in [1.807, 2.05) is 0 Å². The minimum absolute atomic E-state index is 0.123. The fourth-order valence-corrected chi connectivity index (χ4v) is 5.13. The topological polar surface area (TPSA) is 0 Å². The summed E-state index contributed by atoms with van der Waals surface area (Å²) in [4.78, 5) is 0. The molecule has 1 fully saturated rings. The number of aryl methyl sites for hydroxylation is 2. The summed E-state index contributed by atoms with van der Waals surface area (Å²) in [5.41, 5.74) is 12.0. The number of rotatable bonds is 2. The lowest BCUT2D eigenvalue weighted by molar-refractivity contribution is 0.521. The molecule has 0 N–H and O–H groups in total. The van der Waals surface area contributed by atoms with Gasteiger partial charge in [0.25, 0.3) is 0 Å². The SMILES string of the molecule is Cc1ccc(C2=C3C(C)CCC3C(c3ccc(C)cc3)=C2C(C)(C)C)cc1. The van der Waals surface area contributed by atoms with Gasteiger partial charge in [-0.3, -0.25) is 0 Å². The lowest BCUT2D eigenvalue weighted by Crippen LogP contribution is -2.13. The molecule has 0 nitrogen and oxygen atoms in total. The average Bonchev–Trinajstić information content (AvgIpc) is 3.14. The molecule has 0 radical (unpaired) electrons. The maximum absolute atomic E-state index is 2.43. The van der Waals surface area contributed by atoms with E-state index in [1.54, 1.807) is 22.3 Å². The molecule has 1 saturated carbocycles. The van der Waals surface area contributed by atoms with E-state index in [0.717, 1.165) is 0 Å². The van der Waals surface area contributed by atoms with Gasteiger partial charge in [0.15, 0.2) is 0 Å². The summed E-state index contributed by atoms with van der Waals surface area (Å²) in [6.45, 7) is 13.9. The summed E-state index contributed by atoms with van der Waals surface area (Å²) < 4.78 is 0. The highest BCUT2D eigenvalue weighted by molar-refractivity contribution is 5.99. The molecule has 140 valence electrons.